The molecule has 0 aliphatic rings. The van der Waals surface area contributed by atoms with E-state index < -0.39 is 0 Å². The molecule has 2 nitrogen and oxygen atoms in total. The SMILES string of the molecule is CCCNC(=O)CCC.[H-].[H-].[Mg+2]. The zero-order valence-electron chi connectivity index (χ0n) is 8.94. The molecule has 0 spiro atoms. The van der Waals surface area contributed by atoms with E-state index >= 15 is 0 Å². The van der Waals surface area contributed by atoms with E-state index in [4.69, 9.17) is 0 Å². The van der Waals surface area contributed by atoms with E-state index in [1.165, 1.54) is 0 Å². The van der Waals surface area contributed by atoms with Gasteiger partial charge in [0, 0.05) is 13.0 Å². The summed E-state index contributed by atoms with van der Waals surface area (Å²) in [7, 11) is 0. The third kappa shape index (κ3) is 8.24. The molecule has 0 unspecified atom stereocenters. The largest absolute Gasteiger partial charge is 2.00 e. The minimum Gasteiger partial charge on any atom is -1.00 e. The molecule has 0 heterocycles. The molecule has 0 fully saturated rings. The second-order valence-electron chi connectivity index (χ2n) is 2.10. The van der Waals surface area contributed by atoms with Gasteiger partial charge in [0.15, 0.2) is 0 Å². The average Bonchev–Trinajstić information content (AvgIpc) is 1.85. The number of amides is 1. The van der Waals surface area contributed by atoms with Gasteiger partial charge in [-0.2, -0.15) is 0 Å². The van der Waals surface area contributed by atoms with Gasteiger partial charge in [0.05, 0.1) is 0 Å². The average molecular weight is 156 g/mol. The molecule has 0 bridgehead atoms. The quantitative estimate of drug-likeness (QED) is 0.607. The molecule has 0 aromatic rings. The maximum atomic E-state index is 10.7. The summed E-state index contributed by atoms with van der Waals surface area (Å²) in [6.45, 7) is 4.87. The molecular weight excluding hydrogens is 138 g/mol. The van der Waals surface area contributed by atoms with E-state index in [1.807, 2.05) is 13.8 Å². The Labute approximate surface area is 81.9 Å². The number of hydrogen-bond acceptors (Lipinski definition) is 1. The minimum absolute atomic E-state index is 0. The Morgan fingerprint density at radius 2 is 2.00 bits per heavy atom. The van der Waals surface area contributed by atoms with Gasteiger partial charge in [-0.15, -0.1) is 0 Å². The van der Waals surface area contributed by atoms with Crippen LogP contribution in [0.2, 0.25) is 0 Å². The number of nitrogens with one attached hydrogen (secondary N) is 1. The molecule has 10 heavy (non-hydrogen) atoms. The van der Waals surface area contributed by atoms with Crippen molar-refractivity contribution in [2.24, 2.45) is 0 Å². The van der Waals surface area contributed by atoms with Crippen LogP contribution in [0, 0.1) is 0 Å². The van der Waals surface area contributed by atoms with Crippen LogP contribution in [0.15, 0.2) is 0 Å². The molecule has 0 atom stereocenters. The fourth-order valence-corrected chi connectivity index (χ4v) is 0.580. The fraction of sp³-hybridized carbons (Fsp3) is 0.857. The zero-order valence-corrected chi connectivity index (χ0v) is 8.36. The van der Waals surface area contributed by atoms with Crippen LogP contribution in [-0.2, 0) is 4.79 Å². The summed E-state index contributed by atoms with van der Waals surface area (Å²) in [5.74, 6) is 0.180. The van der Waals surface area contributed by atoms with Gasteiger partial charge >= 0.3 is 23.1 Å². The Hall–Kier alpha value is 0.236. The molecular formula is C7H17MgNO. The molecule has 1 amide bonds. The first-order chi connectivity index (χ1) is 4.31. The predicted octanol–water partition coefficient (Wildman–Crippen LogP) is 1.16. The first kappa shape index (κ1) is 12.9. The van der Waals surface area contributed by atoms with E-state index in [1.54, 1.807) is 0 Å². The number of carbonyl (C=O) groups excluding carboxylic acids is 1. The van der Waals surface area contributed by atoms with Crippen LogP contribution >= 0.6 is 0 Å². The van der Waals surface area contributed by atoms with Crippen molar-refractivity contribution in [3.05, 3.63) is 0 Å². The van der Waals surface area contributed by atoms with E-state index in [9.17, 15) is 4.79 Å². The molecule has 58 valence electrons. The second kappa shape index (κ2) is 9.24. The first-order valence-electron chi connectivity index (χ1n) is 3.58. The third-order valence-electron chi connectivity index (χ3n) is 1.05. The Bertz CT molecular complexity index is 93.5. The van der Waals surface area contributed by atoms with E-state index in [2.05, 4.69) is 5.32 Å². The van der Waals surface area contributed by atoms with Gasteiger partial charge in [-0.1, -0.05) is 13.8 Å². The second-order valence-corrected chi connectivity index (χ2v) is 2.10. The molecule has 0 rings (SSSR count). The van der Waals surface area contributed by atoms with Gasteiger partial charge in [-0.25, -0.2) is 0 Å². The van der Waals surface area contributed by atoms with Gasteiger partial charge in [0.1, 0.15) is 0 Å². The summed E-state index contributed by atoms with van der Waals surface area (Å²) in [6, 6.07) is 0. The van der Waals surface area contributed by atoms with Crippen molar-refractivity contribution in [3.63, 3.8) is 0 Å². The van der Waals surface area contributed by atoms with E-state index in [0.717, 1.165) is 19.4 Å². The maximum absolute atomic E-state index is 10.7. The summed E-state index contributed by atoms with van der Waals surface area (Å²) in [4.78, 5) is 10.7. The smallest absolute Gasteiger partial charge is 1.00 e. The summed E-state index contributed by atoms with van der Waals surface area (Å²) in [5.41, 5.74) is 0. The summed E-state index contributed by atoms with van der Waals surface area (Å²) >= 11 is 0. The summed E-state index contributed by atoms with van der Waals surface area (Å²) < 4.78 is 0. The van der Waals surface area contributed by atoms with Crippen LogP contribution in [0.3, 0.4) is 0 Å². The van der Waals surface area contributed by atoms with Crippen molar-refractivity contribution in [2.75, 3.05) is 6.54 Å². The van der Waals surface area contributed by atoms with Crippen LogP contribution in [0.1, 0.15) is 36.0 Å². The van der Waals surface area contributed by atoms with Crippen molar-refractivity contribution in [2.45, 2.75) is 33.1 Å². The molecule has 0 aliphatic carbocycles. The molecule has 0 radical (unpaired) electrons. The van der Waals surface area contributed by atoms with Gasteiger partial charge in [0.2, 0.25) is 5.91 Å². The molecule has 0 saturated carbocycles. The molecule has 3 heteroatoms. The van der Waals surface area contributed by atoms with Crippen LogP contribution in [0.4, 0.5) is 0 Å². The molecule has 0 saturated heterocycles. The van der Waals surface area contributed by atoms with Crippen molar-refractivity contribution in [3.8, 4) is 0 Å². The fourth-order valence-electron chi connectivity index (χ4n) is 0.580. The Balaban J connectivity index is -0.000000107. The van der Waals surface area contributed by atoms with E-state index in [0.29, 0.717) is 6.42 Å². The van der Waals surface area contributed by atoms with E-state index in [-0.39, 0.29) is 31.8 Å². The Morgan fingerprint density at radius 1 is 1.40 bits per heavy atom. The predicted molar refractivity (Wildman–Crippen MR) is 46.2 cm³/mol. The number of rotatable bonds is 4. The van der Waals surface area contributed by atoms with Crippen LogP contribution in [0.5, 0.6) is 0 Å². The van der Waals surface area contributed by atoms with Crippen molar-refractivity contribution in [1.29, 1.82) is 0 Å². The molecule has 0 aromatic heterocycles. The van der Waals surface area contributed by atoms with Crippen LogP contribution in [0.25, 0.3) is 0 Å². The Morgan fingerprint density at radius 3 is 2.40 bits per heavy atom. The molecule has 1 N–H and O–H groups in total. The minimum atomic E-state index is 0. The normalized spacial score (nSPS) is 8.20. The van der Waals surface area contributed by atoms with Crippen molar-refractivity contribution >= 4 is 29.0 Å². The van der Waals surface area contributed by atoms with Gasteiger partial charge in [-0.3, -0.25) is 4.79 Å². The number of hydrogen-bond donors (Lipinski definition) is 1. The maximum Gasteiger partial charge on any atom is 2.00 e. The molecule has 0 aromatic carbocycles. The van der Waals surface area contributed by atoms with Crippen molar-refractivity contribution < 1.29 is 7.65 Å². The monoisotopic (exact) mass is 155 g/mol. The molecule has 0 aliphatic heterocycles. The van der Waals surface area contributed by atoms with Gasteiger partial charge in [0.25, 0.3) is 0 Å². The van der Waals surface area contributed by atoms with Gasteiger partial charge in [-0.05, 0) is 12.8 Å². The summed E-state index contributed by atoms with van der Waals surface area (Å²) in [5, 5.41) is 2.79. The van der Waals surface area contributed by atoms with Gasteiger partial charge < -0.3 is 8.17 Å². The number of carbonyl (C=O) groups is 1. The standard InChI is InChI=1S/C7H15NO.Mg.2H/c1-3-5-7(9)8-6-4-2;;;/h3-6H2,1-2H3,(H,8,9);;;/q;+2;2*-1. The Kier molecular flexibility index (Phi) is 11.9. The zero-order chi connectivity index (χ0) is 7.11. The first-order valence-corrected chi connectivity index (χ1v) is 3.58. The summed E-state index contributed by atoms with van der Waals surface area (Å²) in [6.07, 6.45) is 2.63. The third-order valence-corrected chi connectivity index (χ3v) is 1.05. The topological polar surface area (TPSA) is 29.1 Å². The van der Waals surface area contributed by atoms with Crippen molar-refractivity contribution in [1.82, 2.24) is 5.32 Å². The van der Waals surface area contributed by atoms with Crippen LogP contribution in [-0.4, -0.2) is 35.5 Å². The van der Waals surface area contributed by atoms with Crippen LogP contribution < -0.4 is 5.32 Å².